The molecule has 1 aliphatic carbocycles. The van der Waals surface area contributed by atoms with Gasteiger partial charge in [-0.15, -0.1) is 0 Å². The van der Waals surface area contributed by atoms with Crippen LogP contribution in [0.3, 0.4) is 0 Å². The summed E-state index contributed by atoms with van der Waals surface area (Å²) in [5, 5.41) is 5.27. The van der Waals surface area contributed by atoms with Crippen LogP contribution in [0, 0.1) is 17.0 Å². The van der Waals surface area contributed by atoms with Crippen molar-refractivity contribution in [1.29, 1.82) is 0 Å². The van der Waals surface area contributed by atoms with Crippen molar-refractivity contribution < 1.29 is 28.0 Å². The minimum atomic E-state index is -0.886. The molecule has 2 atom stereocenters. The Labute approximate surface area is 220 Å². The fourth-order valence-electron chi connectivity index (χ4n) is 5.24. The number of likely N-dealkylation sites (N-methyl/N-ethyl adjacent to an activating group) is 1. The number of benzene rings is 2. The van der Waals surface area contributed by atoms with E-state index in [1.807, 2.05) is 32.9 Å². The van der Waals surface area contributed by atoms with Crippen molar-refractivity contribution in [3.8, 4) is 0 Å². The summed E-state index contributed by atoms with van der Waals surface area (Å²) in [6.45, 7) is 5.83. The summed E-state index contributed by atoms with van der Waals surface area (Å²) in [6, 6.07) is 9.75. The van der Waals surface area contributed by atoms with Crippen molar-refractivity contribution >= 4 is 29.4 Å². The summed E-state index contributed by atoms with van der Waals surface area (Å²) in [7, 11) is 1.63. The number of amides is 5. The molecule has 0 saturated carbocycles. The lowest BCUT2D eigenvalue weighted by molar-refractivity contribution is -0.149. The predicted octanol–water partition coefficient (Wildman–Crippen LogP) is 3.65. The topological polar surface area (TPSA) is 98.8 Å². The third kappa shape index (κ3) is 5.25. The van der Waals surface area contributed by atoms with Gasteiger partial charge in [0.15, 0.2) is 0 Å². The molecule has 2 aromatic rings. The molecule has 2 aromatic carbocycles. The Balaban J connectivity index is 0.000000360. The first kappa shape index (κ1) is 27.2. The highest BCUT2D eigenvalue weighted by molar-refractivity contribution is 6.07. The normalized spacial score (nSPS) is 23.6. The van der Waals surface area contributed by atoms with Crippen LogP contribution in [-0.4, -0.2) is 58.7 Å². The molecule has 2 fully saturated rings. The Kier molecular flexibility index (Phi) is 7.27. The second-order valence-corrected chi connectivity index (χ2v) is 10.9. The van der Waals surface area contributed by atoms with Crippen LogP contribution in [0.2, 0.25) is 0 Å². The molecule has 0 radical (unpaired) electrons. The van der Waals surface area contributed by atoms with Crippen molar-refractivity contribution in [2.75, 3.05) is 18.9 Å². The molecule has 2 saturated heterocycles. The lowest BCUT2D eigenvalue weighted by Crippen LogP contribution is -2.52. The van der Waals surface area contributed by atoms with Gasteiger partial charge in [-0.1, -0.05) is 26.0 Å². The van der Waals surface area contributed by atoms with E-state index in [-0.39, 0.29) is 36.3 Å². The molecular weight excluding hydrogens is 494 g/mol. The molecular formula is C28H32F2N4O4. The molecule has 202 valence electrons. The monoisotopic (exact) mass is 526 g/mol. The number of likely N-dealkylation sites (tertiary alicyclic amines) is 1. The van der Waals surface area contributed by atoms with E-state index in [1.54, 1.807) is 18.0 Å². The number of fused-ring (bicyclic) bond motifs is 1. The van der Waals surface area contributed by atoms with Gasteiger partial charge in [0.05, 0.1) is 0 Å². The van der Waals surface area contributed by atoms with Gasteiger partial charge in [0, 0.05) is 43.1 Å². The number of imide groups is 1. The summed E-state index contributed by atoms with van der Waals surface area (Å²) >= 11 is 0. The maximum absolute atomic E-state index is 12.7. The summed E-state index contributed by atoms with van der Waals surface area (Å²) in [5.41, 5.74) is 1.22. The van der Waals surface area contributed by atoms with Gasteiger partial charge in [-0.2, -0.15) is 0 Å². The maximum Gasteiger partial charge on any atom is 0.324 e. The molecule has 5 rings (SSSR count). The van der Waals surface area contributed by atoms with Gasteiger partial charge in [-0.3, -0.25) is 19.7 Å². The second-order valence-electron chi connectivity index (χ2n) is 10.9. The number of nitrogens with zero attached hydrogens (tertiary/aromatic N) is 2. The van der Waals surface area contributed by atoms with E-state index >= 15 is 0 Å². The number of anilines is 1. The highest BCUT2D eigenvalue weighted by Crippen LogP contribution is 2.38. The zero-order chi connectivity index (χ0) is 27.8. The van der Waals surface area contributed by atoms with Gasteiger partial charge in [0.25, 0.3) is 5.91 Å². The van der Waals surface area contributed by atoms with Gasteiger partial charge in [0.2, 0.25) is 11.8 Å². The molecule has 2 heterocycles. The van der Waals surface area contributed by atoms with Crippen LogP contribution in [-0.2, 0) is 27.2 Å². The number of nitrogens with one attached hydrogen (secondary N) is 2. The van der Waals surface area contributed by atoms with Crippen LogP contribution >= 0.6 is 0 Å². The van der Waals surface area contributed by atoms with Crippen molar-refractivity contribution in [3.63, 3.8) is 0 Å². The maximum atomic E-state index is 12.7. The van der Waals surface area contributed by atoms with E-state index in [0.29, 0.717) is 18.5 Å². The molecule has 5 amide bonds. The van der Waals surface area contributed by atoms with Crippen molar-refractivity contribution in [3.05, 3.63) is 65.2 Å². The molecule has 1 spiro atoms. The van der Waals surface area contributed by atoms with Crippen LogP contribution < -0.4 is 10.6 Å². The number of urea groups is 1. The molecule has 2 aliphatic heterocycles. The number of rotatable bonds is 3. The van der Waals surface area contributed by atoms with E-state index in [2.05, 4.69) is 10.6 Å². The standard InChI is InChI=1S/C22H28N4O4.C6H4F2/c1-13-7-8-21(2,3)19(29)26(13)12-17(27)23-16-6-5-14-10-22(11-15(14)9-16)18(28)24-20(30)25(22)4;7-5-2-1-3-6(8)4-5/h5-6,9,13H,7-8,10-12H2,1-4H3,(H,23,27)(H,24,28,30);1-4H. The summed E-state index contributed by atoms with van der Waals surface area (Å²) < 4.78 is 23.9. The minimum Gasteiger partial charge on any atom is -0.330 e. The van der Waals surface area contributed by atoms with Gasteiger partial charge in [-0.25, -0.2) is 13.6 Å². The summed E-state index contributed by atoms with van der Waals surface area (Å²) in [5.74, 6) is -1.59. The van der Waals surface area contributed by atoms with Crippen LogP contribution in [0.15, 0.2) is 42.5 Å². The summed E-state index contributed by atoms with van der Waals surface area (Å²) in [4.78, 5) is 52.8. The summed E-state index contributed by atoms with van der Waals surface area (Å²) in [6.07, 6.45) is 2.57. The minimum absolute atomic E-state index is 0.00671. The molecule has 2 N–H and O–H groups in total. The third-order valence-corrected chi connectivity index (χ3v) is 7.71. The third-order valence-electron chi connectivity index (χ3n) is 7.71. The average molecular weight is 527 g/mol. The fourth-order valence-corrected chi connectivity index (χ4v) is 5.24. The van der Waals surface area contributed by atoms with Crippen molar-refractivity contribution in [2.45, 2.75) is 58.0 Å². The SMILES string of the molecule is CC1CCC(C)(C)C(=O)N1CC(=O)Nc1ccc2c(c1)CC1(C2)C(=O)NC(=O)N1C.Fc1cccc(F)c1. The smallest absolute Gasteiger partial charge is 0.324 e. The number of carbonyl (C=O) groups is 4. The van der Waals surface area contributed by atoms with Crippen LogP contribution in [0.4, 0.5) is 19.3 Å². The first-order chi connectivity index (χ1) is 17.8. The lowest BCUT2D eigenvalue weighted by Gasteiger charge is -2.41. The quantitative estimate of drug-likeness (QED) is 0.597. The average Bonchev–Trinajstić information content (AvgIpc) is 3.33. The van der Waals surface area contributed by atoms with Gasteiger partial charge in [0.1, 0.15) is 23.7 Å². The van der Waals surface area contributed by atoms with Gasteiger partial charge in [-0.05, 0) is 55.2 Å². The number of carbonyl (C=O) groups excluding carboxylic acids is 4. The molecule has 3 aliphatic rings. The molecule has 8 nitrogen and oxygen atoms in total. The Morgan fingerprint density at radius 2 is 1.71 bits per heavy atom. The Bertz CT molecular complexity index is 1280. The highest BCUT2D eigenvalue weighted by Gasteiger charge is 2.54. The van der Waals surface area contributed by atoms with Crippen molar-refractivity contribution in [1.82, 2.24) is 15.1 Å². The molecule has 2 unspecified atom stereocenters. The lowest BCUT2D eigenvalue weighted by atomic mass is 9.80. The first-order valence-corrected chi connectivity index (χ1v) is 12.6. The number of piperidine rings is 1. The number of hydrogen-bond donors (Lipinski definition) is 2. The molecule has 10 heteroatoms. The van der Waals surface area contributed by atoms with E-state index < -0.39 is 22.6 Å². The van der Waals surface area contributed by atoms with Crippen LogP contribution in [0.5, 0.6) is 0 Å². The predicted molar refractivity (Wildman–Crippen MR) is 137 cm³/mol. The van der Waals surface area contributed by atoms with E-state index in [1.165, 1.54) is 23.1 Å². The Morgan fingerprint density at radius 3 is 2.29 bits per heavy atom. The van der Waals surface area contributed by atoms with E-state index in [0.717, 1.165) is 30.0 Å². The number of halogens is 2. The molecule has 0 bridgehead atoms. The Hall–Kier alpha value is -3.82. The van der Waals surface area contributed by atoms with E-state index in [4.69, 9.17) is 0 Å². The molecule has 38 heavy (non-hydrogen) atoms. The fraction of sp³-hybridized carbons (Fsp3) is 0.429. The second kappa shape index (κ2) is 10.2. The van der Waals surface area contributed by atoms with Crippen LogP contribution in [0.25, 0.3) is 0 Å². The number of hydrogen-bond acceptors (Lipinski definition) is 4. The first-order valence-electron chi connectivity index (χ1n) is 12.6. The zero-order valence-electron chi connectivity index (χ0n) is 21.9. The van der Waals surface area contributed by atoms with Crippen molar-refractivity contribution in [2.24, 2.45) is 5.41 Å². The van der Waals surface area contributed by atoms with Gasteiger partial charge >= 0.3 is 6.03 Å². The van der Waals surface area contributed by atoms with E-state index in [9.17, 15) is 28.0 Å². The largest absolute Gasteiger partial charge is 0.330 e. The van der Waals surface area contributed by atoms with Crippen LogP contribution in [0.1, 0.15) is 44.7 Å². The zero-order valence-corrected chi connectivity index (χ0v) is 21.9. The van der Waals surface area contributed by atoms with Gasteiger partial charge < -0.3 is 15.1 Å². The molecule has 0 aromatic heterocycles. The Morgan fingerprint density at radius 1 is 1.05 bits per heavy atom. The highest BCUT2D eigenvalue weighted by atomic mass is 19.1.